The first kappa shape index (κ1) is 21.1. The second kappa shape index (κ2) is 8.15. The number of aryl methyl sites for hydroxylation is 1. The zero-order chi connectivity index (χ0) is 22.2. The molecule has 3 N–H and O–H groups in total. The number of pyridine rings is 2. The van der Waals surface area contributed by atoms with Gasteiger partial charge in [-0.3, -0.25) is 14.1 Å². The number of nitrogens with zero attached hydrogens (tertiary/aromatic N) is 5. The Morgan fingerprint density at radius 2 is 2.26 bits per heavy atom. The van der Waals surface area contributed by atoms with Gasteiger partial charge in [0.2, 0.25) is 0 Å². The summed E-state index contributed by atoms with van der Waals surface area (Å²) in [5.41, 5.74) is 7.52. The van der Waals surface area contributed by atoms with E-state index >= 15 is 0 Å². The Morgan fingerprint density at radius 3 is 3.00 bits per heavy atom. The minimum Gasteiger partial charge on any atom is -0.386 e. The fourth-order valence-electron chi connectivity index (χ4n) is 3.78. The molecule has 0 aromatic carbocycles. The van der Waals surface area contributed by atoms with Crippen LogP contribution >= 0.6 is 0 Å². The molecule has 160 valence electrons. The number of rotatable bonds is 3. The highest BCUT2D eigenvalue weighted by Gasteiger charge is 2.41. The molecule has 2 aliphatic heterocycles. The molecule has 2 aromatic rings. The maximum atomic E-state index is 14.7. The number of amides is 1. The number of hydrogen-bond donors (Lipinski definition) is 2. The molecule has 0 spiro atoms. The van der Waals surface area contributed by atoms with Crippen LogP contribution in [-0.4, -0.2) is 38.8 Å². The van der Waals surface area contributed by atoms with Crippen LogP contribution < -0.4 is 11.1 Å². The molecule has 0 saturated carbocycles. The second-order valence-corrected chi connectivity index (χ2v) is 9.99. The molecule has 0 bridgehead atoms. The number of nitrogens with two attached hydrogens (primary N) is 1. The summed E-state index contributed by atoms with van der Waals surface area (Å²) in [5, 5.41) is 11.6. The van der Waals surface area contributed by atoms with E-state index in [1.54, 1.807) is 13.0 Å². The fraction of sp³-hybridized carbons (Fsp3) is 0.381. The number of amidine groups is 1. The summed E-state index contributed by atoms with van der Waals surface area (Å²) in [6, 6.07) is 5.66. The number of carbonyl (C=O) groups is 1. The van der Waals surface area contributed by atoms with E-state index in [0.29, 0.717) is 22.7 Å². The van der Waals surface area contributed by atoms with E-state index in [2.05, 4.69) is 27.2 Å². The van der Waals surface area contributed by atoms with Crippen LogP contribution in [0.15, 0.2) is 33.8 Å². The van der Waals surface area contributed by atoms with Crippen molar-refractivity contribution >= 4 is 28.3 Å². The maximum Gasteiger partial charge on any atom is 0.275 e. The number of aliphatic imine (C=N–C) groups is 1. The van der Waals surface area contributed by atoms with Gasteiger partial charge in [-0.1, -0.05) is 10.7 Å². The molecule has 3 atom stereocenters. The third kappa shape index (κ3) is 3.93. The molecule has 1 unspecified atom stereocenters. The van der Waals surface area contributed by atoms with Gasteiger partial charge in [-0.05, 0) is 50.5 Å². The molecule has 2 aliphatic rings. The number of fused-ring (bicyclic) bond motifs is 1. The Kier molecular flexibility index (Phi) is 5.54. The van der Waals surface area contributed by atoms with E-state index in [0.717, 1.165) is 19.4 Å². The van der Waals surface area contributed by atoms with E-state index in [-0.39, 0.29) is 32.6 Å². The van der Waals surface area contributed by atoms with E-state index in [1.807, 2.05) is 6.07 Å². The van der Waals surface area contributed by atoms with Crippen molar-refractivity contribution in [2.24, 2.45) is 15.1 Å². The van der Waals surface area contributed by atoms with Gasteiger partial charge >= 0.3 is 0 Å². The Hall–Kier alpha value is -3.19. The molecule has 0 radical (unpaired) electrons. The standard InChI is InChI=1S/C21H22FN7OS/c1-12-8-13(9-23)10-25-17(12)19(30)29-16-5-4-14(22)18(28-16)15-11-31-21(2,20(24)27-15)6-3-7-26-31/h4-5,8,10,15H,3,6-7,11H2,1-2H3,(H2,24,27)(H,28,29,30)/t15?,21-,31-/m1/s1. The minimum absolute atomic E-state index is 0.139. The Balaban J connectivity index is 1.61. The number of nitrogens with one attached hydrogen (secondary N) is 1. The predicted octanol–water partition coefficient (Wildman–Crippen LogP) is 2.81. The smallest absolute Gasteiger partial charge is 0.275 e. The van der Waals surface area contributed by atoms with Crippen molar-refractivity contribution in [3.05, 3.63) is 52.7 Å². The minimum atomic E-state index is -0.551. The van der Waals surface area contributed by atoms with Crippen LogP contribution in [0, 0.1) is 24.1 Å². The van der Waals surface area contributed by atoms with Crippen LogP contribution in [-0.2, 0) is 10.7 Å². The van der Waals surface area contributed by atoms with E-state index < -0.39 is 17.8 Å². The molecule has 2 aromatic heterocycles. The van der Waals surface area contributed by atoms with Gasteiger partial charge in [0.25, 0.3) is 5.91 Å². The van der Waals surface area contributed by atoms with Gasteiger partial charge in [0, 0.05) is 18.5 Å². The molecule has 8 nitrogen and oxygen atoms in total. The predicted molar refractivity (Wildman–Crippen MR) is 117 cm³/mol. The summed E-state index contributed by atoms with van der Waals surface area (Å²) in [6.07, 6.45) is 3.22. The number of halogens is 1. The molecule has 0 fully saturated rings. The van der Waals surface area contributed by atoms with Crippen LogP contribution in [0.2, 0.25) is 0 Å². The topological polar surface area (TPSA) is 129 Å². The maximum absolute atomic E-state index is 14.7. The van der Waals surface area contributed by atoms with Crippen LogP contribution in [0.3, 0.4) is 0 Å². The van der Waals surface area contributed by atoms with Gasteiger partial charge in [0.1, 0.15) is 41.0 Å². The lowest BCUT2D eigenvalue weighted by Gasteiger charge is -2.39. The summed E-state index contributed by atoms with van der Waals surface area (Å²) in [6.45, 7) is 4.54. The molecule has 4 heterocycles. The van der Waals surface area contributed by atoms with Gasteiger partial charge < -0.3 is 11.1 Å². The molecule has 1 amide bonds. The summed E-state index contributed by atoms with van der Waals surface area (Å²) in [4.78, 5) is 25.6. The third-order valence-electron chi connectivity index (χ3n) is 5.58. The molecule has 10 heteroatoms. The second-order valence-electron chi connectivity index (χ2n) is 7.77. The number of hydrogen-bond acceptors (Lipinski definition) is 7. The SMILES string of the molecule is Cc1cc(C#N)cnc1C(=O)Nc1ccc(F)c(C2C[S@]3=NCCC[C@]3(C)C(N)=N2)n1. The van der Waals surface area contributed by atoms with Crippen LogP contribution in [0.4, 0.5) is 10.2 Å². The van der Waals surface area contributed by atoms with Crippen molar-refractivity contribution in [1.82, 2.24) is 9.97 Å². The molecular weight excluding hydrogens is 417 g/mol. The van der Waals surface area contributed by atoms with Gasteiger partial charge in [0.05, 0.1) is 10.3 Å². The Bertz CT molecular complexity index is 1170. The van der Waals surface area contributed by atoms with Crippen LogP contribution in [0.1, 0.15) is 53.1 Å². The summed E-state index contributed by atoms with van der Waals surface area (Å²) >= 11 is 0. The summed E-state index contributed by atoms with van der Waals surface area (Å²) in [5.74, 6) is 0.239. The van der Waals surface area contributed by atoms with Gasteiger partial charge in [-0.2, -0.15) is 5.26 Å². The fourth-order valence-corrected chi connectivity index (χ4v) is 6.09. The average molecular weight is 440 g/mol. The van der Waals surface area contributed by atoms with Crippen molar-refractivity contribution in [2.75, 3.05) is 17.6 Å². The normalized spacial score (nSPS) is 24.9. The first-order chi connectivity index (χ1) is 14.8. The number of aromatic nitrogens is 2. The van der Waals surface area contributed by atoms with Crippen molar-refractivity contribution < 1.29 is 9.18 Å². The van der Waals surface area contributed by atoms with Crippen LogP contribution in [0.5, 0.6) is 0 Å². The number of nitriles is 1. The van der Waals surface area contributed by atoms with E-state index in [4.69, 9.17) is 15.4 Å². The Labute approximate surface area is 181 Å². The molecule has 31 heavy (non-hydrogen) atoms. The lowest BCUT2D eigenvalue weighted by molar-refractivity contribution is 0.102. The quantitative estimate of drug-likeness (QED) is 0.760. The lowest BCUT2D eigenvalue weighted by Crippen LogP contribution is -2.51. The first-order valence-electron chi connectivity index (χ1n) is 9.89. The van der Waals surface area contributed by atoms with Crippen molar-refractivity contribution in [3.63, 3.8) is 0 Å². The van der Waals surface area contributed by atoms with E-state index in [1.165, 1.54) is 18.3 Å². The zero-order valence-corrected chi connectivity index (χ0v) is 18.0. The van der Waals surface area contributed by atoms with E-state index in [9.17, 15) is 9.18 Å². The average Bonchev–Trinajstić information content (AvgIpc) is 2.75. The third-order valence-corrected chi connectivity index (χ3v) is 8.16. The molecule has 0 saturated heterocycles. The first-order valence-corrected chi connectivity index (χ1v) is 11.2. The van der Waals surface area contributed by atoms with Gasteiger partial charge in [-0.25, -0.2) is 14.4 Å². The molecule has 0 aliphatic carbocycles. The summed E-state index contributed by atoms with van der Waals surface area (Å²) < 4.78 is 19.1. The zero-order valence-electron chi connectivity index (χ0n) is 17.2. The van der Waals surface area contributed by atoms with Crippen LogP contribution in [0.25, 0.3) is 0 Å². The highest BCUT2D eigenvalue weighted by molar-refractivity contribution is 7.89. The van der Waals surface area contributed by atoms with Crippen molar-refractivity contribution in [3.8, 4) is 6.07 Å². The van der Waals surface area contributed by atoms with Gasteiger partial charge in [-0.15, -0.1) is 0 Å². The van der Waals surface area contributed by atoms with Gasteiger partial charge in [0.15, 0.2) is 0 Å². The molecular formula is C21H22FN7OS. The number of anilines is 1. The largest absolute Gasteiger partial charge is 0.386 e. The highest BCUT2D eigenvalue weighted by atomic mass is 32.2. The Morgan fingerprint density at radius 1 is 1.45 bits per heavy atom. The van der Waals surface area contributed by atoms with Crippen molar-refractivity contribution in [1.29, 1.82) is 5.26 Å². The monoisotopic (exact) mass is 439 g/mol. The lowest BCUT2D eigenvalue weighted by atomic mass is 10.0. The summed E-state index contributed by atoms with van der Waals surface area (Å²) in [7, 11) is -0.352. The number of carbonyl (C=O) groups excluding carboxylic acids is 1. The highest BCUT2D eigenvalue weighted by Crippen LogP contribution is 2.36. The molecule has 4 rings (SSSR count). The van der Waals surface area contributed by atoms with Crippen molar-refractivity contribution in [2.45, 2.75) is 37.5 Å².